The molecule has 1 aliphatic heterocycles. The number of hydrogen-bond acceptors (Lipinski definition) is 4. The number of hydrogen-bond donors (Lipinski definition) is 1. The molecule has 184 valence electrons. The Kier molecular flexibility index (Phi) is 7.80. The Morgan fingerprint density at radius 2 is 1.89 bits per heavy atom. The lowest BCUT2D eigenvalue weighted by atomic mass is 9.95. The molecule has 1 atom stereocenters. The highest BCUT2D eigenvalue weighted by Crippen LogP contribution is 2.29. The van der Waals surface area contributed by atoms with Crippen molar-refractivity contribution in [1.82, 2.24) is 10.2 Å². The van der Waals surface area contributed by atoms with Crippen molar-refractivity contribution in [2.75, 3.05) is 26.7 Å². The molecule has 35 heavy (non-hydrogen) atoms. The van der Waals surface area contributed by atoms with E-state index >= 15 is 0 Å². The van der Waals surface area contributed by atoms with E-state index in [0.29, 0.717) is 31.6 Å². The van der Waals surface area contributed by atoms with Crippen LogP contribution in [0, 0.1) is 5.92 Å². The lowest BCUT2D eigenvalue weighted by molar-refractivity contribution is -0.126. The maximum absolute atomic E-state index is 13.3. The van der Waals surface area contributed by atoms with Crippen LogP contribution < -0.4 is 14.8 Å². The van der Waals surface area contributed by atoms with Crippen molar-refractivity contribution in [2.24, 2.45) is 5.92 Å². The average molecular weight is 483 g/mol. The van der Waals surface area contributed by atoms with Gasteiger partial charge in [0.25, 0.3) is 5.91 Å². The molecule has 4 rings (SSSR count). The Morgan fingerprint density at radius 1 is 1.09 bits per heavy atom. The number of methoxy groups -OCH3 is 1. The van der Waals surface area contributed by atoms with Crippen LogP contribution in [0.1, 0.15) is 28.8 Å². The molecule has 0 saturated carbocycles. The van der Waals surface area contributed by atoms with Crippen molar-refractivity contribution < 1.29 is 27.8 Å². The number of ether oxygens (including phenoxy) is 2. The average Bonchev–Trinajstić information content (AvgIpc) is 2.88. The summed E-state index contributed by atoms with van der Waals surface area (Å²) in [5, 5.41) is 4.86. The monoisotopic (exact) mass is 482 g/mol. The molecular formula is C27H28F2N2O4. The van der Waals surface area contributed by atoms with E-state index in [9.17, 15) is 18.4 Å². The summed E-state index contributed by atoms with van der Waals surface area (Å²) in [6.45, 7) is -1.55. The first-order valence-corrected chi connectivity index (χ1v) is 11.6. The van der Waals surface area contributed by atoms with Crippen LogP contribution in [0.4, 0.5) is 8.78 Å². The van der Waals surface area contributed by atoms with E-state index in [1.165, 1.54) is 13.2 Å². The van der Waals surface area contributed by atoms with Gasteiger partial charge in [0.15, 0.2) is 11.5 Å². The van der Waals surface area contributed by atoms with Gasteiger partial charge in [-0.1, -0.05) is 42.5 Å². The van der Waals surface area contributed by atoms with Gasteiger partial charge in [0, 0.05) is 25.2 Å². The number of nitrogens with one attached hydrogen (secondary N) is 1. The highest BCUT2D eigenvalue weighted by molar-refractivity contribution is 6.07. The Bertz CT molecular complexity index is 1200. The molecule has 3 aromatic carbocycles. The van der Waals surface area contributed by atoms with Gasteiger partial charge in [0.05, 0.1) is 13.0 Å². The number of nitrogens with zero attached hydrogens (tertiary/aromatic N) is 1. The largest absolute Gasteiger partial charge is 0.493 e. The summed E-state index contributed by atoms with van der Waals surface area (Å²) in [7, 11) is 1.38. The van der Waals surface area contributed by atoms with Crippen LogP contribution in [0.2, 0.25) is 0 Å². The molecule has 6 nitrogen and oxygen atoms in total. The molecule has 0 aromatic heterocycles. The van der Waals surface area contributed by atoms with Crippen molar-refractivity contribution in [3.8, 4) is 11.5 Å². The molecule has 0 spiro atoms. The highest BCUT2D eigenvalue weighted by Gasteiger charge is 2.29. The van der Waals surface area contributed by atoms with E-state index in [0.717, 1.165) is 29.2 Å². The van der Waals surface area contributed by atoms with Crippen molar-refractivity contribution in [3.63, 3.8) is 0 Å². The summed E-state index contributed by atoms with van der Waals surface area (Å²) in [6.07, 6.45) is 1.98. The summed E-state index contributed by atoms with van der Waals surface area (Å²) in [4.78, 5) is 27.9. The zero-order chi connectivity index (χ0) is 24.8. The summed E-state index contributed by atoms with van der Waals surface area (Å²) in [6, 6.07) is 18.2. The second-order valence-corrected chi connectivity index (χ2v) is 8.52. The van der Waals surface area contributed by atoms with Gasteiger partial charge in [-0.2, -0.15) is 8.78 Å². The van der Waals surface area contributed by atoms with E-state index in [4.69, 9.17) is 4.74 Å². The molecule has 1 N–H and O–H groups in total. The number of halogens is 2. The number of alkyl halides is 2. The second kappa shape index (κ2) is 11.2. The Balaban J connectivity index is 1.34. The van der Waals surface area contributed by atoms with Gasteiger partial charge in [-0.25, -0.2) is 0 Å². The number of carbonyl (C=O) groups excluding carboxylic acids is 2. The minimum Gasteiger partial charge on any atom is -0.493 e. The lowest BCUT2D eigenvalue weighted by Gasteiger charge is -2.32. The Hall–Kier alpha value is -3.68. The molecule has 0 aliphatic carbocycles. The SMILES string of the molecule is COc1cc(CCNC(=O)[C@H]2CCCN(C(=O)c3cccc4ccccc34)C2)ccc1OC(F)F. The third-order valence-electron chi connectivity index (χ3n) is 6.26. The second-order valence-electron chi connectivity index (χ2n) is 8.52. The van der Waals surface area contributed by atoms with E-state index < -0.39 is 6.61 Å². The number of rotatable bonds is 8. The van der Waals surface area contributed by atoms with Gasteiger partial charge in [-0.05, 0) is 53.8 Å². The molecule has 0 unspecified atom stereocenters. The maximum atomic E-state index is 13.3. The van der Waals surface area contributed by atoms with E-state index in [1.807, 2.05) is 42.5 Å². The van der Waals surface area contributed by atoms with E-state index in [-0.39, 0.29) is 29.2 Å². The summed E-state index contributed by atoms with van der Waals surface area (Å²) in [5.74, 6) is -0.251. The zero-order valence-corrected chi connectivity index (χ0v) is 19.5. The number of piperidine rings is 1. The number of fused-ring (bicyclic) bond motifs is 1. The summed E-state index contributed by atoms with van der Waals surface area (Å²) >= 11 is 0. The molecule has 0 radical (unpaired) electrons. The topological polar surface area (TPSA) is 67.9 Å². The number of likely N-dealkylation sites (tertiary alicyclic amines) is 1. The fourth-order valence-corrected chi connectivity index (χ4v) is 4.49. The van der Waals surface area contributed by atoms with Crippen LogP contribution in [-0.2, 0) is 11.2 Å². The normalized spacial score (nSPS) is 15.8. The van der Waals surface area contributed by atoms with Gasteiger partial charge in [0.1, 0.15) is 0 Å². The van der Waals surface area contributed by atoms with Crippen LogP contribution >= 0.6 is 0 Å². The Morgan fingerprint density at radius 3 is 2.69 bits per heavy atom. The molecule has 0 bridgehead atoms. The van der Waals surface area contributed by atoms with Gasteiger partial charge < -0.3 is 19.7 Å². The minimum absolute atomic E-state index is 0.0338. The van der Waals surface area contributed by atoms with Gasteiger partial charge in [-0.15, -0.1) is 0 Å². The van der Waals surface area contributed by atoms with Crippen LogP contribution in [0.25, 0.3) is 10.8 Å². The quantitative estimate of drug-likeness (QED) is 0.507. The molecule has 1 aliphatic rings. The van der Waals surface area contributed by atoms with E-state index in [1.54, 1.807) is 17.0 Å². The third-order valence-corrected chi connectivity index (χ3v) is 6.26. The fourth-order valence-electron chi connectivity index (χ4n) is 4.49. The fraction of sp³-hybridized carbons (Fsp3) is 0.333. The van der Waals surface area contributed by atoms with Gasteiger partial charge >= 0.3 is 6.61 Å². The standard InChI is InChI=1S/C27H28F2N2O4/c1-34-24-16-18(11-12-23(24)35-27(28)29)13-14-30-25(32)20-8-5-15-31(17-20)26(33)22-10-4-7-19-6-2-3-9-21(19)22/h2-4,6-7,9-12,16,20,27H,5,8,13-15,17H2,1H3,(H,30,32)/t20-/m0/s1. The molecule has 3 aromatic rings. The van der Waals surface area contributed by atoms with Crippen molar-refractivity contribution >= 4 is 22.6 Å². The van der Waals surface area contributed by atoms with E-state index in [2.05, 4.69) is 10.1 Å². The predicted molar refractivity (Wildman–Crippen MR) is 129 cm³/mol. The van der Waals surface area contributed by atoms with Crippen molar-refractivity contribution in [3.05, 3.63) is 71.8 Å². The van der Waals surface area contributed by atoms with Gasteiger partial charge in [0.2, 0.25) is 5.91 Å². The molecular weight excluding hydrogens is 454 g/mol. The predicted octanol–water partition coefficient (Wildman–Crippen LogP) is 4.66. The summed E-state index contributed by atoms with van der Waals surface area (Å²) < 4.78 is 34.6. The minimum atomic E-state index is -2.93. The summed E-state index contributed by atoms with van der Waals surface area (Å²) in [5.41, 5.74) is 1.47. The molecule has 1 fully saturated rings. The van der Waals surface area contributed by atoms with Crippen LogP contribution in [0.3, 0.4) is 0 Å². The first kappa shape index (κ1) is 24.4. The molecule has 8 heteroatoms. The molecule has 1 heterocycles. The highest BCUT2D eigenvalue weighted by atomic mass is 19.3. The number of benzene rings is 3. The van der Waals surface area contributed by atoms with Crippen LogP contribution in [-0.4, -0.2) is 50.1 Å². The van der Waals surface area contributed by atoms with Gasteiger partial charge in [-0.3, -0.25) is 9.59 Å². The van der Waals surface area contributed by atoms with Crippen LogP contribution in [0.15, 0.2) is 60.7 Å². The number of amides is 2. The first-order chi connectivity index (χ1) is 17.0. The third kappa shape index (κ3) is 5.88. The van der Waals surface area contributed by atoms with Crippen molar-refractivity contribution in [2.45, 2.75) is 25.9 Å². The number of carbonyl (C=O) groups is 2. The lowest BCUT2D eigenvalue weighted by Crippen LogP contribution is -2.45. The maximum Gasteiger partial charge on any atom is 0.387 e. The molecule has 2 amide bonds. The van der Waals surface area contributed by atoms with Crippen LogP contribution in [0.5, 0.6) is 11.5 Å². The van der Waals surface area contributed by atoms with Crippen molar-refractivity contribution in [1.29, 1.82) is 0 Å². The molecule has 1 saturated heterocycles. The Labute approximate surface area is 202 Å². The first-order valence-electron chi connectivity index (χ1n) is 11.6. The smallest absolute Gasteiger partial charge is 0.387 e. The zero-order valence-electron chi connectivity index (χ0n) is 19.5.